The van der Waals surface area contributed by atoms with Crippen LogP contribution in [0.1, 0.15) is 5.76 Å². The molecule has 0 aliphatic carbocycles. The Morgan fingerprint density at radius 3 is 2.17 bits per heavy atom. The van der Waals surface area contributed by atoms with E-state index in [0.717, 1.165) is 5.69 Å². The molecule has 0 atom stereocenters. The molecule has 6 nitrogen and oxygen atoms in total. The number of para-hydroxylation sites is 1. The van der Waals surface area contributed by atoms with Gasteiger partial charge in [0.05, 0.1) is 25.9 Å². The molecule has 0 fully saturated rings. The van der Waals surface area contributed by atoms with Crippen molar-refractivity contribution in [3.8, 4) is 0 Å². The Morgan fingerprint density at radius 1 is 0.917 bits per heavy atom. The Labute approximate surface area is 142 Å². The molecular weight excluding hydrogens is 306 g/mol. The van der Waals surface area contributed by atoms with Crippen molar-refractivity contribution in [2.75, 3.05) is 39.1 Å². The first kappa shape index (κ1) is 17.7. The van der Waals surface area contributed by atoms with Crippen LogP contribution in [-0.4, -0.2) is 55.8 Å². The molecule has 24 heavy (non-hydrogen) atoms. The van der Waals surface area contributed by atoms with Crippen LogP contribution in [0.4, 0.5) is 5.69 Å². The Morgan fingerprint density at radius 2 is 1.58 bits per heavy atom. The molecule has 0 saturated heterocycles. The van der Waals surface area contributed by atoms with Gasteiger partial charge < -0.3 is 14.2 Å². The minimum atomic E-state index is -0.0911. The molecular formula is C18H23N3O3. The van der Waals surface area contributed by atoms with Crippen LogP contribution >= 0.6 is 0 Å². The maximum absolute atomic E-state index is 12.7. The van der Waals surface area contributed by atoms with Gasteiger partial charge in [-0.05, 0) is 31.3 Å². The molecule has 1 aromatic carbocycles. The van der Waals surface area contributed by atoms with Crippen molar-refractivity contribution in [3.63, 3.8) is 0 Å². The highest BCUT2D eigenvalue weighted by atomic mass is 16.3. The molecule has 0 unspecified atom stereocenters. The number of hydrogen-bond acceptors (Lipinski definition) is 4. The molecule has 0 aliphatic rings. The third-order valence-corrected chi connectivity index (χ3v) is 3.57. The quantitative estimate of drug-likeness (QED) is 0.778. The molecule has 0 aliphatic heterocycles. The number of furan rings is 1. The van der Waals surface area contributed by atoms with E-state index in [1.54, 1.807) is 43.3 Å². The zero-order chi connectivity index (χ0) is 17.5. The zero-order valence-corrected chi connectivity index (χ0v) is 14.3. The van der Waals surface area contributed by atoms with Gasteiger partial charge in [-0.1, -0.05) is 18.2 Å². The third-order valence-electron chi connectivity index (χ3n) is 3.57. The predicted molar refractivity (Wildman–Crippen MR) is 92.5 cm³/mol. The number of nitrogens with zero attached hydrogens (tertiary/aromatic N) is 3. The Kier molecular flexibility index (Phi) is 6.14. The lowest BCUT2D eigenvalue weighted by Gasteiger charge is -2.25. The highest BCUT2D eigenvalue weighted by molar-refractivity contribution is 5.94. The van der Waals surface area contributed by atoms with Crippen molar-refractivity contribution in [2.24, 2.45) is 0 Å². The summed E-state index contributed by atoms with van der Waals surface area (Å²) in [7, 11) is 5.16. The van der Waals surface area contributed by atoms with Crippen LogP contribution in [0.25, 0.3) is 0 Å². The van der Waals surface area contributed by atoms with Gasteiger partial charge in [0.2, 0.25) is 11.8 Å². The number of rotatable bonds is 7. The smallest absolute Gasteiger partial charge is 0.241 e. The summed E-state index contributed by atoms with van der Waals surface area (Å²) in [6.45, 7) is 0.697. The standard InChI is InChI=1S/C18H23N3O3/c1-19(2)17(22)13-20(3)14-18(23)21(12-16-10-7-11-24-16)15-8-5-4-6-9-15/h4-11H,12-14H2,1-3H3. The number of carbonyl (C=O) groups excluding carboxylic acids is 2. The number of likely N-dealkylation sites (N-methyl/N-ethyl adjacent to an activating group) is 2. The van der Waals surface area contributed by atoms with Gasteiger partial charge in [-0.25, -0.2) is 0 Å². The maximum Gasteiger partial charge on any atom is 0.241 e. The molecule has 2 rings (SSSR count). The summed E-state index contributed by atoms with van der Waals surface area (Å²) in [4.78, 5) is 29.4. The van der Waals surface area contributed by atoms with Crippen LogP contribution in [0.2, 0.25) is 0 Å². The van der Waals surface area contributed by atoms with Gasteiger partial charge >= 0.3 is 0 Å². The highest BCUT2D eigenvalue weighted by Gasteiger charge is 2.20. The topological polar surface area (TPSA) is 57.0 Å². The van der Waals surface area contributed by atoms with E-state index in [0.29, 0.717) is 12.3 Å². The maximum atomic E-state index is 12.7. The van der Waals surface area contributed by atoms with E-state index in [4.69, 9.17) is 4.42 Å². The van der Waals surface area contributed by atoms with Gasteiger partial charge in [-0.15, -0.1) is 0 Å². The number of benzene rings is 1. The van der Waals surface area contributed by atoms with Crippen molar-refractivity contribution in [1.82, 2.24) is 9.80 Å². The monoisotopic (exact) mass is 329 g/mol. The Hall–Kier alpha value is -2.60. The summed E-state index contributed by atoms with van der Waals surface area (Å²) in [6.07, 6.45) is 1.59. The van der Waals surface area contributed by atoms with Gasteiger partial charge in [-0.2, -0.15) is 0 Å². The van der Waals surface area contributed by atoms with Gasteiger partial charge in [0.15, 0.2) is 0 Å². The molecule has 1 heterocycles. The average Bonchev–Trinajstić information content (AvgIpc) is 3.06. The summed E-state index contributed by atoms with van der Waals surface area (Å²) in [5.74, 6) is 0.577. The number of carbonyl (C=O) groups is 2. The van der Waals surface area contributed by atoms with E-state index in [9.17, 15) is 9.59 Å². The minimum Gasteiger partial charge on any atom is -0.467 e. The molecule has 0 bridgehead atoms. The van der Waals surface area contributed by atoms with Crippen molar-refractivity contribution in [3.05, 3.63) is 54.5 Å². The van der Waals surface area contributed by atoms with E-state index >= 15 is 0 Å². The van der Waals surface area contributed by atoms with Crippen LogP contribution in [0.15, 0.2) is 53.1 Å². The lowest BCUT2D eigenvalue weighted by atomic mass is 10.2. The molecule has 2 aromatic rings. The van der Waals surface area contributed by atoms with E-state index < -0.39 is 0 Å². The van der Waals surface area contributed by atoms with Crippen molar-refractivity contribution in [2.45, 2.75) is 6.54 Å². The van der Waals surface area contributed by atoms with Crippen LogP contribution in [0, 0.1) is 0 Å². The average molecular weight is 329 g/mol. The first-order valence-electron chi connectivity index (χ1n) is 7.74. The number of amides is 2. The number of hydrogen-bond donors (Lipinski definition) is 0. The van der Waals surface area contributed by atoms with E-state index in [1.807, 2.05) is 36.4 Å². The van der Waals surface area contributed by atoms with E-state index in [-0.39, 0.29) is 24.9 Å². The largest absolute Gasteiger partial charge is 0.467 e. The lowest BCUT2D eigenvalue weighted by molar-refractivity contribution is -0.130. The fraction of sp³-hybridized carbons (Fsp3) is 0.333. The van der Waals surface area contributed by atoms with Crippen LogP contribution < -0.4 is 4.90 Å². The van der Waals surface area contributed by atoms with Crippen LogP contribution in [0.3, 0.4) is 0 Å². The van der Waals surface area contributed by atoms with Gasteiger partial charge in [0.25, 0.3) is 0 Å². The first-order chi connectivity index (χ1) is 11.5. The lowest BCUT2D eigenvalue weighted by Crippen LogP contribution is -2.42. The minimum absolute atomic E-state index is 0.0393. The van der Waals surface area contributed by atoms with Crippen molar-refractivity contribution >= 4 is 17.5 Å². The van der Waals surface area contributed by atoms with E-state index in [1.165, 1.54) is 4.90 Å². The summed E-state index contributed by atoms with van der Waals surface area (Å²) in [5, 5.41) is 0. The summed E-state index contributed by atoms with van der Waals surface area (Å²) in [6, 6.07) is 13.1. The Bertz CT molecular complexity index is 653. The van der Waals surface area contributed by atoms with Gasteiger partial charge in [0, 0.05) is 19.8 Å². The van der Waals surface area contributed by atoms with Gasteiger partial charge in [0.1, 0.15) is 5.76 Å². The highest BCUT2D eigenvalue weighted by Crippen LogP contribution is 2.17. The molecule has 0 saturated carbocycles. The molecule has 2 amide bonds. The second-order valence-electron chi connectivity index (χ2n) is 5.86. The fourth-order valence-corrected chi connectivity index (χ4v) is 2.23. The molecule has 128 valence electrons. The molecule has 1 aromatic heterocycles. The first-order valence-corrected chi connectivity index (χ1v) is 7.74. The molecule has 0 radical (unpaired) electrons. The normalized spacial score (nSPS) is 10.7. The Balaban J connectivity index is 2.08. The number of anilines is 1. The van der Waals surface area contributed by atoms with E-state index in [2.05, 4.69) is 0 Å². The zero-order valence-electron chi connectivity index (χ0n) is 14.3. The van der Waals surface area contributed by atoms with Crippen LogP contribution in [0.5, 0.6) is 0 Å². The van der Waals surface area contributed by atoms with Crippen molar-refractivity contribution in [1.29, 1.82) is 0 Å². The van der Waals surface area contributed by atoms with Gasteiger partial charge in [-0.3, -0.25) is 14.5 Å². The molecule has 0 spiro atoms. The van der Waals surface area contributed by atoms with Crippen molar-refractivity contribution < 1.29 is 14.0 Å². The summed E-state index contributed by atoms with van der Waals surface area (Å²) < 4.78 is 5.37. The molecule has 6 heteroatoms. The SMILES string of the molecule is CN(CC(=O)N(C)C)CC(=O)N(Cc1ccco1)c1ccccc1. The molecule has 0 N–H and O–H groups in total. The summed E-state index contributed by atoms with van der Waals surface area (Å²) >= 11 is 0. The fourth-order valence-electron chi connectivity index (χ4n) is 2.23. The third kappa shape index (κ3) is 4.96. The summed E-state index contributed by atoms with van der Waals surface area (Å²) in [5.41, 5.74) is 0.797. The second-order valence-corrected chi connectivity index (χ2v) is 5.86. The van der Waals surface area contributed by atoms with Crippen LogP contribution in [-0.2, 0) is 16.1 Å². The second kappa shape index (κ2) is 8.31. The predicted octanol–water partition coefficient (Wildman–Crippen LogP) is 1.83.